The zero-order valence-electron chi connectivity index (χ0n) is 11.7. The van der Waals surface area contributed by atoms with Crippen LogP contribution < -0.4 is 0 Å². The molecule has 100 valence electrons. The van der Waals surface area contributed by atoms with Crippen molar-refractivity contribution < 1.29 is 0 Å². The van der Waals surface area contributed by atoms with E-state index in [4.69, 9.17) is 0 Å². The molecule has 0 N–H and O–H groups in total. The molecule has 0 saturated carbocycles. The summed E-state index contributed by atoms with van der Waals surface area (Å²) in [7, 11) is -0.385. The van der Waals surface area contributed by atoms with Crippen LogP contribution in [0.4, 0.5) is 0 Å². The molecule has 0 aliphatic carbocycles. The summed E-state index contributed by atoms with van der Waals surface area (Å²) in [5.74, 6) is 0. The first-order chi connectivity index (χ1) is 8.36. The highest BCUT2D eigenvalue weighted by molar-refractivity contribution is 6.55. The lowest BCUT2D eigenvalue weighted by atomic mass is 10.2. The molecule has 0 bridgehead atoms. The number of piperidine rings is 2. The van der Waals surface area contributed by atoms with Gasteiger partial charge in [0.05, 0.1) is 9.68 Å². The molecule has 0 amide bonds. The van der Waals surface area contributed by atoms with E-state index in [1.165, 1.54) is 64.7 Å². The molecular formula is C13H30N2Si2. The second-order valence-electron chi connectivity index (χ2n) is 5.99. The van der Waals surface area contributed by atoms with Crippen LogP contribution in [0.25, 0.3) is 0 Å². The standard InChI is InChI=1S/C13H30N2Si2/c1-17(15-10-6-3-7-11-15)13-12-16-14-8-4-2-5-9-14/h17H,2-13,16H2,1H3. The van der Waals surface area contributed by atoms with E-state index in [0.717, 1.165) is 0 Å². The van der Waals surface area contributed by atoms with E-state index in [-0.39, 0.29) is 9.68 Å². The van der Waals surface area contributed by atoms with Crippen LogP contribution in [0.1, 0.15) is 38.5 Å². The van der Waals surface area contributed by atoms with E-state index in [1.54, 1.807) is 12.1 Å². The van der Waals surface area contributed by atoms with Crippen molar-refractivity contribution in [2.24, 2.45) is 0 Å². The molecule has 0 spiro atoms. The van der Waals surface area contributed by atoms with E-state index in [2.05, 4.69) is 15.7 Å². The minimum Gasteiger partial charge on any atom is -0.329 e. The number of rotatable bonds is 5. The molecule has 0 aromatic heterocycles. The highest BCUT2D eigenvalue weighted by atomic mass is 28.3. The van der Waals surface area contributed by atoms with Crippen molar-refractivity contribution in [3.05, 3.63) is 0 Å². The van der Waals surface area contributed by atoms with Crippen LogP contribution in [-0.2, 0) is 0 Å². The number of nitrogens with zero attached hydrogens (tertiary/aromatic N) is 2. The Balaban J connectivity index is 1.57. The predicted molar refractivity (Wildman–Crippen MR) is 82.0 cm³/mol. The maximum atomic E-state index is 2.87. The first kappa shape index (κ1) is 13.8. The van der Waals surface area contributed by atoms with Gasteiger partial charge < -0.3 is 9.13 Å². The van der Waals surface area contributed by atoms with Gasteiger partial charge >= 0.3 is 0 Å². The average Bonchev–Trinajstić information content (AvgIpc) is 2.41. The molecule has 0 radical (unpaired) electrons. The maximum Gasteiger partial charge on any atom is 0.108 e. The molecule has 2 rings (SSSR count). The van der Waals surface area contributed by atoms with Gasteiger partial charge in [0.15, 0.2) is 0 Å². The van der Waals surface area contributed by atoms with Gasteiger partial charge in [-0.25, -0.2) is 0 Å². The summed E-state index contributed by atoms with van der Waals surface area (Å²) < 4.78 is 5.70. The third-order valence-electron chi connectivity index (χ3n) is 4.56. The van der Waals surface area contributed by atoms with Gasteiger partial charge in [-0.2, -0.15) is 0 Å². The van der Waals surface area contributed by atoms with Gasteiger partial charge in [0.2, 0.25) is 0 Å². The van der Waals surface area contributed by atoms with Crippen molar-refractivity contribution >= 4 is 18.6 Å². The fraction of sp³-hybridized carbons (Fsp3) is 1.00. The van der Waals surface area contributed by atoms with Crippen molar-refractivity contribution in [3.63, 3.8) is 0 Å². The summed E-state index contributed by atoms with van der Waals surface area (Å²) in [4.78, 5) is 0. The van der Waals surface area contributed by atoms with Gasteiger partial charge in [0.25, 0.3) is 0 Å². The lowest BCUT2D eigenvalue weighted by Gasteiger charge is -2.32. The molecule has 2 fully saturated rings. The van der Waals surface area contributed by atoms with Gasteiger partial charge in [-0.1, -0.05) is 25.4 Å². The van der Waals surface area contributed by atoms with Crippen LogP contribution in [0.3, 0.4) is 0 Å². The SMILES string of the molecule is C[SiH](CC[SiH2]N1CCCCC1)N1CCCCC1. The Morgan fingerprint density at radius 3 is 2.12 bits per heavy atom. The van der Waals surface area contributed by atoms with Crippen LogP contribution in [0, 0.1) is 0 Å². The lowest BCUT2D eigenvalue weighted by Crippen LogP contribution is -2.41. The second kappa shape index (κ2) is 7.72. The molecule has 1 atom stereocenters. The summed E-state index contributed by atoms with van der Waals surface area (Å²) in [6.45, 7) is 8.32. The van der Waals surface area contributed by atoms with Crippen molar-refractivity contribution in [2.75, 3.05) is 26.2 Å². The molecule has 2 heterocycles. The summed E-state index contributed by atoms with van der Waals surface area (Å²) in [5, 5.41) is 0. The van der Waals surface area contributed by atoms with Crippen LogP contribution in [0.5, 0.6) is 0 Å². The van der Waals surface area contributed by atoms with Gasteiger partial charge in [-0.05, 0) is 57.9 Å². The van der Waals surface area contributed by atoms with Crippen LogP contribution in [-0.4, -0.2) is 53.9 Å². The smallest absolute Gasteiger partial charge is 0.108 e. The summed E-state index contributed by atoms with van der Waals surface area (Å²) >= 11 is 0. The van der Waals surface area contributed by atoms with Gasteiger partial charge in [-0.15, -0.1) is 0 Å². The van der Waals surface area contributed by atoms with Crippen molar-refractivity contribution in [1.82, 2.24) is 9.13 Å². The fourth-order valence-corrected chi connectivity index (χ4v) is 9.38. The number of hydrogen-bond donors (Lipinski definition) is 0. The zero-order chi connectivity index (χ0) is 11.9. The largest absolute Gasteiger partial charge is 0.329 e. The molecule has 2 aliphatic rings. The second-order valence-corrected chi connectivity index (χ2v) is 11.0. The summed E-state index contributed by atoms with van der Waals surface area (Å²) in [6, 6.07) is 3.20. The van der Waals surface area contributed by atoms with Gasteiger partial charge in [0.1, 0.15) is 8.96 Å². The fourth-order valence-electron chi connectivity index (χ4n) is 3.34. The normalized spacial score (nSPS) is 26.6. The molecule has 2 aliphatic heterocycles. The molecule has 4 heteroatoms. The van der Waals surface area contributed by atoms with Crippen molar-refractivity contribution in [1.29, 1.82) is 0 Å². The molecule has 0 aromatic rings. The Bertz CT molecular complexity index is 202. The van der Waals surface area contributed by atoms with E-state index in [1.807, 2.05) is 0 Å². The molecule has 2 saturated heterocycles. The minimum absolute atomic E-state index is 0.129. The summed E-state index contributed by atoms with van der Waals surface area (Å²) in [6.07, 6.45) is 8.88. The lowest BCUT2D eigenvalue weighted by molar-refractivity contribution is 0.351. The minimum atomic E-state index is -0.514. The quantitative estimate of drug-likeness (QED) is 0.703. The highest BCUT2D eigenvalue weighted by Gasteiger charge is 2.18. The molecule has 17 heavy (non-hydrogen) atoms. The Morgan fingerprint density at radius 2 is 1.47 bits per heavy atom. The molecule has 0 aromatic carbocycles. The van der Waals surface area contributed by atoms with Crippen molar-refractivity contribution in [3.8, 4) is 0 Å². The molecule has 2 nitrogen and oxygen atoms in total. The third-order valence-corrected chi connectivity index (χ3v) is 10.4. The first-order valence-electron chi connectivity index (χ1n) is 7.82. The molecular weight excluding hydrogens is 240 g/mol. The van der Waals surface area contributed by atoms with Crippen LogP contribution in [0.2, 0.25) is 18.6 Å². The monoisotopic (exact) mass is 270 g/mol. The van der Waals surface area contributed by atoms with Gasteiger partial charge in [-0.3, -0.25) is 0 Å². The maximum absolute atomic E-state index is 2.87. The van der Waals surface area contributed by atoms with Crippen molar-refractivity contribution in [2.45, 2.75) is 57.2 Å². The first-order valence-corrected chi connectivity index (χ1v) is 11.9. The highest BCUT2D eigenvalue weighted by Crippen LogP contribution is 2.14. The summed E-state index contributed by atoms with van der Waals surface area (Å²) in [5.41, 5.74) is 0. The van der Waals surface area contributed by atoms with E-state index in [0.29, 0.717) is 0 Å². The zero-order valence-corrected chi connectivity index (χ0v) is 14.2. The Kier molecular flexibility index (Phi) is 6.25. The Hall–Kier alpha value is 0.354. The predicted octanol–water partition coefficient (Wildman–Crippen LogP) is 1.81. The third kappa shape index (κ3) is 4.85. The van der Waals surface area contributed by atoms with E-state index >= 15 is 0 Å². The molecule has 1 unspecified atom stereocenters. The number of hydrogen-bond acceptors (Lipinski definition) is 2. The van der Waals surface area contributed by atoms with Gasteiger partial charge in [0, 0.05) is 0 Å². The Morgan fingerprint density at radius 1 is 0.882 bits per heavy atom. The average molecular weight is 271 g/mol. The van der Waals surface area contributed by atoms with Crippen LogP contribution in [0.15, 0.2) is 0 Å². The topological polar surface area (TPSA) is 6.48 Å². The van der Waals surface area contributed by atoms with E-state index < -0.39 is 8.96 Å². The Labute approximate surface area is 111 Å². The van der Waals surface area contributed by atoms with Crippen LogP contribution >= 0.6 is 0 Å². The van der Waals surface area contributed by atoms with E-state index in [9.17, 15) is 0 Å².